The van der Waals surface area contributed by atoms with Crippen molar-refractivity contribution in [3.63, 3.8) is 0 Å². The molecule has 1 aromatic rings. The monoisotopic (exact) mass is 165 g/mol. The van der Waals surface area contributed by atoms with Crippen LogP contribution in [0.15, 0.2) is 12.4 Å². The van der Waals surface area contributed by atoms with Gasteiger partial charge >= 0.3 is 0 Å². The Morgan fingerprint density at radius 2 is 2.42 bits per heavy atom. The molecule has 3 nitrogen and oxygen atoms in total. The minimum atomic E-state index is 0.406. The molecule has 1 N–H and O–H groups in total. The molecule has 2 rings (SSSR count). The van der Waals surface area contributed by atoms with Crippen LogP contribution in [0.1, 0.15) is 18.4 Å². The maximum absolute atomic E-state index is 4.15. The number of hydrogen-bond donors (Lipinski definition) is 1. The van der Waals surface area contributed by atoms with Crippen molar-refractivity contribution in [3.05, 3.63) is 18.0 Å². The van der Waals surface area contributed by atoms with Gasteiger partial charge in [0, 0.05) is 18.8 Å². The van der Waals surface area contributed by atoms with E-state index < -0.39 is 0 Å². The molecule has 66 valence electrons. The summed E-state index contributed by atoms with van der Waals surface area (Å²) in [5.41, 5.74) is 1.74. The van der Waals surface area contributed by atoms with Crippen LogP contribution >= 0.6 is 0 Å². The maximum atomic E-state index is 4.15. The Kier molecular flexibility index (Phi) is 1.68. The van der Waals surface area contributed by atoms with Crippen LogP contribution in [-0.4, -0.2) is 22.4 Å². The first-order valence-electron chi connectivity index (χ1n) is 4.41. The van der Waals surface area contributed by atoms with Crippen LogP contribution in [0, 0.1) is 0 Å². The summed E-state index contributed by atoms with van der Waals surface area (Å²) in [4.78, 5) is 0. The predicted octanol–water partition coefficient (Wildman–Crippen LogP) is 0.715. The predicted molar refractivity (Wildman–Crippen MR) is 47.9 cm³/mol. The van der Waals surface area contributed by atoms with Crippen LogP contribution in [0.3, 0.4) is 0 Å². The molecular weight excluding hydrogens is 150 g/mol. The molecule has 0 radical (unpaired) electrons. The fourth-order valence-electron chi connectivity index (χ4n) is 1.62. The minimum Gasteiger partial charge on any atom is -0.314 e. The fraction of sp³-hybridized carbons (Fsp3) is 0.667. The van der Waals surface area contributed by atoms with Crippen LogP contribution in [0.4, 0.5) is 0 Å². The van der Waals surface area contributed by atoms with E-state index in [9.17, 15) is 0 Å². The van der Waals surface area contributed by atoms with Gasteiger partial charge in [0.2, 0.25) is 0 Å². The van der Waals surface area contributed by atoms with Crippen molar-refractivity contribution in [2.75, 3.05) is 7.05 Å². The van der Waals surface area contributed by atoms with Gasteiger partial charge in [-0.25, -0.2) is 0 Å². The van der Waals surface area contributed by atoms with Crippen LogP contribution in [0.2, 0.25) is 0 Å². The fourth-order valence-corrected chi connectivity index (χ4v) is 1.62. The first-order chi connectivity index (χ1) is 5.74. The van der Waals surface area contributed by atoms with Crippen molar-refractivity contribution in [1.82, 2.24) is 15.1 Å². The molecule has 1 saturated carbocycles. The summed E-state index contributed by atoms with van der Waals surface area (Å²) in [6, 6.07) is 0. The average molecular weight is 165 g/mol. The number of nitrogens with zero attached hydrogens (tertiary/aromatic N) is 2. The summed E-state index contributed by atoms with van der Waals surface area (Å²) >= 11 is 0. The van der Waals surface area contributed by atoms with Crippen LogP contribution < -0.4 is 5.32 Å². The Labute approximate surface area is 72.8 Å². The summed E-state index contributed by atoms with van der Waals surface area (Å²) in [5, 5.41) is 7.52. The SMILES string of the molecule is CNC1(Cc2cnn(C)c2)CC1. The highest BCUT2D eigenvalue weighted by molar-refractivity contribution is 5.15. The van der Waals surface area contributed by atoms with Gasteiger partial charge in [0.1, 0.15) is 0 Å². The van der Waals surface area contributed by atoms with Gasteiger partial charge in [-0.2, -0.15) is 5.10 Å². The van der Waals surface area contributed by atoms with Gasteiger partial charge in [-0.15, -0.1) is 0 Å². The second-order valence-corrected chi connectivity index (χ2v) is 3.73. The highest BCUT2D eigenvalue weighted by Gasteiger charge is 2.40. The molecule has 0 amide bonds. The van der Waals surface area contributed by atoms with E-state index in [4.69, 9.17) is 0 Å². The van der Waals surface area contributed by atoms with Crippen LogP contribution in [0.5, 0.6) is 0 Å². The second kappa shape index (κ2) is 2.59. The number of hydrogen-bond acceptors (Lipinski definition) is 2. The largest absolute Gasteiger partial charge is 0.314 e. The zero-order valence-corrected chi connectivity index (χ0v) is 7.67. The quantitative estimate of drug-likeness (QED) is 0.715. The van der Waals surface area contributed by atoms with Gasteiger partial charge in [-0.05, 0) is 31.9 Å². The van der Waals surface area contributed by atoms with Crippen molar-refractivity contribution in [2.24, 2.45) is 7.05 Å². The topological polar surface area (TPSA) is 29.9 Å². The standard InChI is InChI=1S/C9H15N3/c1-10-9(3-4-9)5-8-6-11-12(2)7-8/h6-7,10H,3-5H2,1-2H3. The Morgan fingerprint density at radius 3 is 2.83 bits per heavy atom. The molecule has 0 bridgehead atoms. The van der Waals surface area contributed by atoms with Gasteiger partial charge in [0.05, 0.1) is 6.20 Å². The Bertz CT molecular complexity index is 273. The van der Waals surface area contributed by atoms with E-state index in [1.165, 1.54) is 18.4 Å². The lowest BCUT2D eigenvalue weighted by Gasteiger charge is -2.11. The molecule has 1 aliphatic rings. The third-order valence-electron chi connectivity index (χ3n) is 2.68. The maximum Gasteiger partial charge on any atom is 0.0522 e. The Morgan fingerprint density at radius 1 is 1.67 bits per heavy atom. The van der Waals surface area contributed by atoms with Gasteiger partial charge in [-0.3, -0.25) is 4.68 Å². The van der Waals surface area contributed by atoms with Crippen molar-refractivity contribution in [1.29, 1.82) is 0 Å². The number of aryl methyl sites for hydroxylation is 1. The zero-order valence-electron chi connectivity index (χ0n) is 7.67. The molecule has 0 unspecified atom stereocenters. The first kappa shape index (κ1) is 7.80. The average Bonchev–Trinajstić information content (AvgIpc) is 2.71. The molecule has 0 saturated heterocycles. The Hall–Kier alpha value is -0.830. The lowest BCUT2D eigenvalue weighted by atomic mass is 10.1. The number of rotatable bonds is 3. The van der Waals surface area contributed by atoms with E-state index in [1.807, 2.05) is 25.0 Å². The molecule has 0 atom stereocenters. The van der Waals surface area contributed by atoms with Gasteiger partial charge < -0.3 is 5.32 Å². The van der Waals surface area contributed by atoms with E-state index in [0.29, 0.717) is 5.54 Å². The smallest absolute Gasteiger partial charge is 0.0522 e. The Balaban J connectivity index is 2.04. The molecule has 1 aliphatic carbocycles. The lowest BCUT2D eigenvalue weighted by Crippen LogP contribution is -2.29. The van der Waals surface area contributed by atoms with Gasteiger partial charge in [0.15, 0.2) is 0 Å². The van der Waals surface area contributed by atoms with E-state index in [2.05, 4.69) is 16.6 Å². The number of aromatic nitrogens is 2. The van der Waals surface area contributed by atoms with Crippen molar-refractivity contribution < 1.29 is 0 Å². The second-order valence-electron chi connectivity index (χ2n) is 3.73. The molecule has 0 aliphatic heterocycles. The molecule has 3 heteroatoms. The summed E-state index contributed by atoms with van der Waals surface area (Å²) in [6.07, 6.45) is 7.78. The molecule has 1 heterocycles. The molecule has 0 spiro atoms. The summed E-state index contributed by atoms with van der Waals surface area (Å²) in [6.45, 7) is 0. The summed E-state index contributed by atoms with van der Waals surface area (Å²) in [5.74, 6) is 0. The molecular formula is C9H15N3. The highest BCUT2D eigenvalue weighted by atomic mass is 15.2. The number of nitrogens with one attached hydrogen (secondary N) is 1. The van der Waals surface area contributed by atoms with E-state index in [1.54, 1.807) is 0 Å². The first-order valence-corrected chi connectivity index (χ1v) is 4.41. The van der Waals surface area contributed by atoms with E-state index >= 15 is 0 Å². The number of likely N-dealkylation sites (N-methyl/N-ethyl adjacent to an activating group) is 1. The van der Waals surface area contributed by atoms with Crippen molar-refractivity contribution in [2.45, 2.75) is 24.8 Å². The molecule has 1 aromatic heterocycles. The van der Waals surface area contributed by atoms with Crippen LogP contribution in [0.25, 0.3) is 0 Å². The summed E-state index contributed by atoms with van der Waals surface area (Å²) in [7, 11) is 4.01. The molecule has 1 fully saturated rings. The van der Waals surface area contributed by atoms with Crippen molar-refractivity contribution in [3.8, 4) is 0 Å². The zero-order chi connectivity index (χ0) is 8.60. The van der Waals surface area contributed by atoms with Crippen LogP contribution in [-0.2, 0) is 13.5 Å². The molecule has 0 aromatic carbocycles. The van der Waals surface area contributed by atoms with Gasteiger partial charge in [0.25, 0.3) is 0 Å². The molecule has 12 heavy (non-hydrogen) atoms. The van der Waals surface area contributed by atoms with Crippen molar-refractivity contribution >= 4 is 0 Å². The lowest BCUT2D eigenvalue weighted by molar-refractivity contribution is 0.548. The highest BCUT2D eigenvalue weighted by Crippen LogP contribution is 2.37. The third-order valence-corrected chi connectivity index (χ3v) is 2.68. The normalized spacial score (nSPS) is 19.5. The summed E-state index contributed by atoms with van der Waals surface area (Å²) < 4.78 is 1.86. The third kappa shape index (κ3) is 1.37. The van der Waals surface area contributed by atoms with Gasteiger partial charge in [-0.1, -0.05) is 0 Å². The minimum absolute atomic E-state index is 0.406. The van der Waals surface area contributed by atoms with E-state index in [0.717, 1.165) is 6.42 Å². The van der Waals surface area contributed by atoms with E-state index in [-0.39, 0.29) is 0 Å².